The van der Waals surface area contributed by atoms with Crippen LogP contribution in [0.1, 0.15) is 33.5 Å². The number of carbonyl (C=O) groups is 1. The van der Waals surface area contributed by atoms with E-state index in [9.17, 15) is 4.79 Å². The van der Waals surface area contributed by atoms with E-state index in [4.69, 9.17) is 4.52 Å². The van der Waals surface area contributed by atoms with E-state index in [1.807, 2.05) is 27.7 Å². The molecule has 1 rings (SSSR count). The Labute approximate surface area is 101 Å². The average Bonchev–Trinajstić information content (AvgIpc) is 2.62. The van der Waals surface area contributed by atoms with Crippen LogP contribution in [-0.4, -0.2) is 17.7 Å². The summed E-state index contributed by atoms with van der Waals surface area (Å²) in [4.78, 5) is 11.4. The van der Waals surface area contributed by atoms with Crippen molar-refractivity contribution in [3.63, 3.8) is 0 Å². The van der Waals surface area contributed by atoms with Crippen LogP contribution in [0.25, 0.3) is 0 Å². The second-order valence-corrected chi connectivity index (χ2v) is 5.09. The van der Waals surface area contributed by atoms with Crippen LogP contribution in [0.2, 0.25) is 0 Å². The zero-order valence-electron chi connectivity index (χ0n) is 10.8. The van der Waals surface area contributed by atoms with Crippen molar-refractivity contribution in [2.45, 2.75) is 33.1 Å². The van der Waals surface area contributed by atoms with Crippen molar-refractivity contribution in [2.75, 3.05) is 11.9 Å². The second kappa shape index (κ2) is 5.03. The third-order valence-corrected chi connectivity index (χ3v) is 2.04. The molecule has 0 aliphatic heterocycles. The number of anilines is 1. The molecule has 17 heavy (non-hydrogen) atoms. The van der Waals surface area contributed by atoms with Gasteiger partial charge in [-0.05, 0) is 6.92 Å². The second-order valence-electron chi connectivity index (χ2n) is 5.09. The van der Waals surface area contributed by atoms with Crippen LogP contribution in [0.15, 0.2) is 22.7 Å². The zero-order valence-corrected chi connectivity index (χ0v) is 10.8. The molecule has 2 amide bonds. The molecule has 1 aromatic heterocycles. The van der Waals surface area contributed by atoms with Crippen molar-refractivity contribution >= 4 is 11.8 Å². The molecule has 2 N–H and O–H groups in total. The Kier molecular flexibility index (Phi) is 3.93. The molecule has 0 radical (unpaired) electrons. The van der Waals surface area contributed by atoms with E-state index in [0.717, 1.165) is 11.3 Å². The highest BCUT2D eigenvalue weighted by Gasteiger charge is 2.20. The van der Waals surface area contributed by atoms with Gasteiger partial charge in [0.15, 0.2) is 5.82 Å². The van der Waals surface area contributed by atoms with Crippen molar-refractivity contribution in [3.05, 3.63) is 24.0 Å². The van der Waals surface area contributed by atoms with E-state index >= 15 is 0 Å². The van der Waals surface area contributed by atoms with Crippen LogP contribution >= 0.6 is 0 Å². The summed E-state index contributed by atoms with van der Waals surface area (Å²) in [5.41, 5.74) is 0.761. The Bertz CT molecular complexity index is 416. The molecule has 0 unspecified atom stereocenters. The maximum Gasteiger partial charge on any atom is 0.320 e. The average molecular weight is 237 g/mol. The molecule has 0 aliphatic carbocycles. The number of hydrogen-bond acceptors (Lipinski definition) is 3. The maximum absolute atomic E-state index is 11.4. The highest BCUT2D eigenvalue weighted by molar-refractivity contribution is 5.88. The number of amides is 2. The predicted octanol–water partition coefficient (Wildman–Crippen LogP) is 2.67. The Morgan fingerprint density at radius 3 is 2.65 bits per heavy atom. The first-order chi connectivity index (χ1) is 7.79. The number of hydrogen-bond donors (Lipinski definition) is 2. The minimum absolute atomic E-state index is 0.124. The summed E-state index contributed by atoms with van der Waals surface area (Å²) in [6.45, 7) is 12.0. The fourth-order valence-electron chi connectivity index (χ4n) is 1.08. The number of nitrogens with one attached hydrogen (secondary N) is 2. The molecule has 94 valence electrons. The van der Waals surface area contributed by atoms with Gasteiger partial charge >= 0.3 is 6.03 Å². The van der Waals surface area contributed by atoms with Gasteiger partial charge in [0, 0.05) is 18.0 Å². The molecular weight excluding hydrogens is 218 g/mol. The van der Waals surface area contributed by atoms with E-state index in [1.54, 1.807) is 6.07 Å². The first kappa shape index (κ1) is 13.3. The van der Waals surface area contributed by atoms with Crippen molar-refractivity contribution in [3.8, 4) is 0 Å². The summed E-state index contributed by atoms with van der Waals surface area (Å²) in [6, 6.07) is 1.40. The molecule has 5 heteroatoms. The zero-order chi connectivity index (χ0) is 13.1. The lowest BCUT2D eigenvalue weighted by Gasteiger charge is -2.12. The largest absolute Gasteiger partial charge is 0.359 e. The molecule has 0 spiro atoms. The van der Waals surface area contributed by atoms with Crippen molar-refractivity contribution in [1.29, 1.82) is 0 Å². The van der Waals surface area contributed by atoms with Gasteiger partial charge in [-0.2, -0.15) is 0 Å². The minimum atomic E-state index is -0.318. The summed E-state index contributed by atoms with van der Waals surface area (Å²) >= 11 is 0. The third-order valence-electron chi connectivity index (χ3n) is 2.04. The van der Waals surface area contributed by atoms with Crippen molar-refractivity contribution < 1.29 is 9.32 Å². The van der Waals surface area contributed by atoms with Gasteiger partial charge in [-0.1, -0.05) is 38.1 Å². The van der Waals surface area contributed by atoms with Gasteiger partial charge in [0.05, 0.1) is 0 Å². The van der Waals surface area contributed by atoms with Gasteiger partial charge < -0.3 is 9.84 Å². The third kappa shape index (κ3) is 4.30. The monoisotopic (exact) mass is 237 g/mol. The van der Waals surface area contributed by atoms with Crippen LogP contribution in [0, 0.1) is 0 Å². The Morgan fingerprint density at radius 1 is 1.53 bits per heavy atom. The van der Waals surface area contributed by atoms with Crippen LogP contribution in [0.4, 0.5) is 10.6 Å². The van der Waals surface area contributed by atoms with Crippen LogP contribution < -0.4 is 10.6 Å². The summed E-state index contributed by atoms with van der Waals surface area (Å²) in [6.07, 6.45) is 0. The topological polar surface area (TPSA) is 67.2 Å². The lowest BCUT2D eigenvalue weighted by atomic mass is 9.93. The minimum Gasteiger partial charge on any atom is -0.359 e. The highest BCUT2D eigenvalue weighted by atomic mass is 16.5. The Morgan fingerprint density at radius 2 is 2.18 bits per heavy atom. The normalized spacial score (nSPS) is 11.1. The molecule has 0 fully saturated rings. The number of aromatic nitrogens is 1. The Hall–Kier alpha value is -1.78. The number of carbonyl (C=O) groups excluding carboxylic acids is 1. The summed E-state index contributed by atoms with van der Waals surface area (Å²) in [5, 5.41) is 9.02. The molecule has 0 atom stereocenters. The van der Waals surface area contributed by atoms with Crippen LogP contribution in [0.5, 0.6) is 0 Å². The van der Waals surface area contributed by atoms with Gasteiger partial charge in [0.1, 0.15) is 5.76 Å². The standard InChI is InChI=1S/C12H19N3O2/c1-8(2)7-13-11(16)14-10-6-9(17-15-10)12(3,4)5/h6H,1,7H2,2-5H3,(H2,13,14,15,16). The van der Waals surface area contributed by atoms with Gasteiger partial charge in [-0.15, -0.1) is 0 Å². The fourth-order valence-corrected chi connectivity index (χ4v) is 1.08. The summed E-state index contributed by atoms with van der Waals surface area (Å²) < 4.78 is 5.15. The van der Waals surface area contributed by atoms with E-state index in [0.29, 0.717) is 12.4 Å². The molecule has 0 saturated carbocycles. The van der Waals surface area contributed by atoms with Crippen LogP contribution in [0.3, 0.4) is 0 Å². The summed E-state index contributed by atoms with van der Waals surface area (Å²) in [7, 11) is 0. The van der Waals surface area contributed by atoms with E-state index in [2.05, 4.69) is 22.4 Å². The molecule has 0 aromatic carbocycles. The van der Waals surface area contributed by atoms with Gasteiger partial charge in [-0.3, -0.25) is 5.32 Å². The van der Waals surface area contributed by atoms with E-state index in [1.165, 1.54) is 0 Å². The molecule has 1 heterocycles. The van der Waals surface area contributed by atoms with Crippen molar-refractivity contribution in [1.82, 2.24) is 10.5 Å². The van der Waals surface area contributed by atoms with E-state index in [-0.39, 0.29) is 11.4 Å². The molecule has 5 nitrogen and oxygen atoms in total. The van der Waals surface area contributed by atoms with E-state index < -0.39 is 0 Å². The van der Waals surface area contributed by atoms with Crippen LogP contribution in [-0.2, 0) is 5.41 Å². The first-order valence-electron chi connectivity index (χ1n) is 5.45. The van der Waals surface area contributed by atoms with Gasteiger partial charge in [0.25, 0.3) is 0 Å². The molecular formula is C12H19N3O2. The number of urea groups is 1. The molecule has 0 bridgehead atoms. The van der Waals surface area contributed by atoms with Gasteiger partial charge in [-0.25, -0.2) is 4.79 Å². The maximum atomic E-state index is 11.4. The smallest absolute Gasteiger partial charge is 0.320 e. The molecule has 0 aliphatic rings. The number of rotatable bonds is 3. The highest BCUT2D eigenvalue weighted by Crippen LogP contribution is 2.24. The SMILES string of the molecule is C=C(C)CNC(=O)Nc1cc(C(C)(C)C)on1. The first-order valence-corrected chi connectivity index (χ1v) is 5.45. The lowest BCUT2D eigenvalue weighted by molar-refractivity contribution is 0.252. The quantitative estimate of drug-likeness (QED) is 0.794. The fraction of sp³-hybridized carbons (Fsp3) is 0.500. The molecule has 0 saturated heterocycles. The van der Waals surface area contributed by atoms with Gasteiger partial charge in [0.2, 0.25) is 0 Å². The van der Waals surface area contributed by atoms with Crippen molar-refractivity contribution in [2.24, 2.45) is 0 Å². The number of nitrogens with zero attached hydrogens (tertiary/aromatic N) is 1. The Balaban J connectivity index is 2.55. The predicted molar refractivity (Wildman–Crippen MR) is 67.0 cm³/mol. The molecule has 1 aromatic rings. The lowest BCUT2D eigenvalue weighted by Crippen LogP contribution is -2.29. The summed E-state index contributed by atoms with van der Waals surface area (Å²) in [5.74, 6) is 1.14.